The monoisotopic (exact) mass is 562 g/mol. The summed E-state index contributed by atoms with van der Waals surface area (Å²) in [7, 11) is 0. The molecule has 1 aliphatic rings. The summed E-state index contributed by atoms with van der Waals surface area (Å²) in [5.41, 5.74) is 0.762. The molecule has 4 aromatic rings. The minimum absolute atomic E-state index is 0.0387. The summed E-state index contributed by atoms with van der Waals surface area (Å²) in [5.74, 6) is 0.384. The number of nitriles is 1. The molecule has 5 rings (SSSR count). The van der Waals surface area contributed by atoms with Gasteiger partial charge < -0.3 is 24.8 Å². The zero-order chi connectivity index (χ0) is 28.1. The van der Waals surface area contributed by atoms with Crippen molar-refractivity contribution in [3.05, 3.63) is 65.6 Å². The van der Waals surface area contributed by atoms with E-state index in [1.54, 1.807) is 29.8 Å². The molecule has 1 saturated heterocycles. The molecule has 0 unspecified atom stereocenters. The van der Waals surface area contributed by atoms with E-state index >= 15 is 0 Å². The molecule has 1 fully saturated rings. The minimum atomic E-state index is -0.921. The normalized spacial score (nSPS) is 13.4. The number of hydrogen-bond acceptors (Lipinski definition) is 8. The van der Waals surface area contributed by atoms with Crippen LogP contribution in [0.2, 0.25) is 0 Å². The maximum absolute atomic E-state index is 14.7. The van der Waals surface area contributed by atoms with Crippen LogP contribution in [0.4, 0.5) is 24.8 Å². The summed E-state index contributed by atoms with van der Waals surface area (Å²) in [6, 6.07) is 10.4. The molecule has 0 radical (unpaired) electrons. The molecule has 2 aromatic carbocycles. The number of likely N-dealkylation sites (tertiary alicyclic amines) is 1. The molecule has 40 heavy (non-hydrogen) atoms. The Morgan fingerprint density at radius 2 is 1.95 bits per heavy atom. The summed E-state index contributed by atoms with van der Waals surface area (Å²) in [6.45, 7) is 1.25. The zero-order valence-corrected chi connectivity index (χ0v) is 21.8. The zero-order valence-electron chi connectivity index (χ0n) is 21.0. The van der Waals surface area contributed by atoms with Crippen molar-refractivity contribution in [2.45, 2.75) is 12.8 Å². The number of hydrogen-bond donors (Lipinski definition) is 3. The predicted molar refractivity (Wildman–Crippen MR) is 146 cm³/mol. The fourth-order valence-electron chi connectivity index (χ4n) is 4.27. The van der Waals surface area contributed by atoms with Gasteiger partial charge in [-0.25, -0.2) is 19.0 Å². The Balaban J connectivity index is 1.28. The Kier molecular flexibility index (Phi) is 7.88. The van der Waals surface area contributed by atoms with E-state index in [9.17, 15) is 19.2 Å². The quantitative estimate of drug-likeness (QED) is 0.252. The maximum atomic E-state index is 14.7. The molecular weight excluding hydrogens is 539 g/mol. The number of ether oxygens (including phenoxy) is 2. The first kappa shape index (κ1) is 26.6. The second kappa shape index (κ2) is 11.8. The lowest BCUT2D eigenvalue weighted by Crippen LogP contribution is -2.38. The molecule has 204 valence electrons. The van der Waals surface area contributed by atoms with E-state index in [1.807, 2.05) is 0 Å². The van der Waals surface area contributed by atoms with Gasteiger partial charge in [-0.05, 0) is 43.0 Å². The first-order valence-electron chi connectivity index (χ1n) is 12.3. The number of piperidine rings is 1. The summed E-state index contributed by atoms with van der Waals surface area (Å²) in [4.78, 5) is 32.9. The van der Waals surface area contributed by atoms with Crippen LogP contribution in [0, 0.1) is 23.1 Å². The fraction of sp³-hybridized carbons (Fsp3) is 0.222. The van der Waals surface area contributed by atoms with E-state index in [0.717, 1.165) is 6.07 Å². The van der Waals surface area contributed by atoms with Crippen molar-refractivity contribution in [2.75, 3.05) is 30.3 Å². The highest BCUT2D eigenvalue weighted by atomic mass is 32.1. The van der Waals surface area contributed by atoms with E-state index in [2.05, 4.69) is 26.7 Å². The number of fused-ring (bicyclic) bond motifs is 1. The minimum Gasteiger partial charge on any atom is -0.492 e. The molecule has 0 bridgehead atoms. The third kappa shape index (κ3) is 6.19. The Morgan fingerprint density at radius 3 is 2.65 bits per heavy atom. The van der Waals surface area contributed by atoms with E-state index in [0.29, 0.717) is 60.1 Å². The molecule has 3 amide bonds. The number of carbonyl (C=O) groups is 2. The number of aromatic nitrogens is 2. The van der Waals surface area contributed by atoms with Crippen LogP contribution < -0.4 is 20.1 Å². The number of rotatable bonds is 7. The maximum Gasteiger partial charge on any atom is 0.407 e. The SMILES string of the molecule is N#Cc1cc2c(Oc3ccc(NC(=O)Nc4nccs4)c(F)c3)ccnc2cc1OCC1CCN(C(=O)O)CC1. The third-order valence-electron chi connectivity index (χ3n) is 6.35. The molecule has 0 saturated carbocycles. The number of pyridine rings is 1. The smallest absolute Gasteiger partial charge is 0.407 e. The lowest BCUT2D eigenvalue weighted by Gasteiger charge is -2.29. The summed E-state index contributed by atoms with van der Waals surface area (Å²) < 4.78 is 26.6. The van der Waals surface area contributed by atoms with E-state index in [-0.39, 0.29) is 22.9 Å². The van der Waals surface area contributed by atoms with Crippen molar-refractivity contribution >= 4 is 45.2 Å². The molecule has 13 heteroatoms. The van der Waals surface area contributed by atoms with Gasteiger partial charge in [0.1, 0.15) is 29.1 Å². The number of nitrogens with zero attached hydrogens (tertiary/aromatic N) is 4. The van der Waals surface area contributed by atoms with E-state index in [4.69, 9.17) is 14.6 Å². The van der Waals surface area contributed by atoms with Gasteiger partial charge in [-0.2, -0.15) is 5.26 Å². The standard InChI is InChI=1S/C27H23FN6O5S/c28-20-12-18(1-2-21(20)32-25(35)33-26-31-7-10-40-26)39-23-3-6-30-22-13-24(17(14-29)11-19(22)23)38-15-16-4-8-34(9-5-16)27(36)37/h1-3,6-7,10-13,16H,4-5,8-9,15H2,(H,36,37)(H2,31,32,33,35). The molecule has 0 spiro atoms. The van der Waals surface area contributed by atoms with Gasteiger partial charge in [0.25, 0.3) is 0 Å². The average Bonchev–Trinajstić information content (AvgIpc) is 3.46. The second-order valence-electron chi connectivity index (χ2n) is 8.97. The van der Waals surface area contributed by atoms with Crippen molar-refractivity contribution in [1.29, 1.82) is 5.26 Å². The number of benzene rings is 2. The number of anilines is 2. The Labute approximate surface area is 231 Å². The predicted octanol–water partition coefficient (Wildman–Crippen LogP) is 5.91. The van der Waals surface area contributed by atoms with Crippen LogP contribution in [-0.4, -0.2) is 51.8 Å². The largest absolute Gasteiger partial charge is 0.492 e. The van der Waals surface area contributed by atoms with E-state index < -0.39 is 17.9 Å². The molecule has 11 nitrogen and oxygen atoms in total. The number of nitrogens with one attached hydrogen (secondary N) is 2. The van der Waals surface area contributed by atoms with Crippen molar-refractivity contribution in [3.8, 4) is 23.3 Å². The third-order valence-corrected chi connectivity index (χ3v) is 7.04. The number of amides is 3. The molecule has 2 aromatic heterocycles. The summed E-state index contributed by atoms with van der Waals surface area (Å²) in [6.07, 6.45) is 3.51. The number of carbonyl (C=O) groups excluding carboxylic acids is 1. The van der Waals surface area contributed by atoms with Crippen LogP contribution in [0.1, 0.15) is 18.4 Å². The van der Waals surface area contributed by atoms with Gasteiger partial charge in [0.15, 0.2) is 5.13 Å². The van der Waals surface area contributed by atoms with Gasteiger partial charge in [0.2, 0.25) is 0 Å². The van der Waals surface area contributed by atoms with Crippen molar-refractivity contribution in [2.24, 2.45) is 5.92 Å². The van der Waals surface area contributed by atoms with Crippen LogP contribution in [0.3, 0.4) is 0 Å². The van der Waals surface area contributed by atoms with Crippen molar-refractivity contribution in [1.82, 2.24) is 14.9 Å². The fourth-order valence-corrected chi connectivity index (χ4v) is 4.79. The lowest BCUT2D eigenvalue weighted by atomic mass is 9.98. The molecule has 0 aliphatic carbocycles. The van der Waals surface area contributed by atoms with Crippen LogP contribution in [-0.2, 0) is 0 Å². The molecule has 3 N–H and O–H groups in total. The number of carboxylic acid groups (broad SMARTS) is 1. The molecule has 0 atom stereocenters. The van der Waals surface area contributed by atoms with Crippen LogP contribution in [0.25, 0.3) is 10.9 Å². The Bertz CT molecular complexity index is 1580. The van der Waals surface area contributed by atoms with Crippen LogP contribution in [0.15, 0.2) is 54.2 Å². The number of thiazole rings is 1. The first-order valence-corrected chi connectivity index (χ1v) is 13.2. The topological polar surface area (TPSA) is 150 Å². The molecule has 3 heterocycles. The highest BCUT2D eigenvalue weighted by molar-refractivity contribution is 7.13. The van der Waals surface area contributed by atoms with Gasteiger partial charge in [-0.15, -0.1) is 11.3 Å². The van der Waals surface area contributed by atoms with Gasteiger partial charge in [-0.3, -0.25) is 10.3 Å². The van der Waals surface area contributed by atoms with Crippen LogP contribution >= 0.6 is 11.3 Å². The van der Waals surface area contributed by atoms with Gasteiger partial charge in [0.05, 0.1) is 23.4 Å². The lowest BCUT2D eigenvalue weighted by molar-refractivity contribution is 0.111. The van der Waals surface area contributed by atoms with Crippen molar-refractivity contribution < 1.29 is 28.6 Å². The van der Waals surface area contributed by atoms with E-state index in [1.165, 1.54) is 34.6 Å². The molecular formula is C27H23FN6O5S. The first-order chi connectivity index (χ1) is 19.4. The Morgan fingerprint density at radius 1 is 1.12 bits per heavy atom. The van der Waals surface area contributed by atoms with Gasteiger partial charge >= 0.3 is 12.1 Å². The second-order valence-corrected chi connectivity index (χ2v) is 9.87. The molecule has 1 aliphatic heterocycles. The summed E-state index contributed by atoms with van der Waals surface area (Å²) in [5, 5.41) is 26.4. The highest BCUT2D eigenvalue weighted by Gasteiger charge is 2.23. The van der Waals surface area contributed by atoms with Gasteiger partial charge in [-0.1, -0.05) is 0 Å². The number of urea groups is 1. The van der Waals surface area contributed by atoms with Crippen molar-refractivity contribution in [3.63, 3.8) is 0 Å². The van der Waals surface area contributed by atoms with Crippen LogP contribution in [0.5, 0.6) is 17.2 Å². The highest BCUT2D eigenvalue weighted by Crippen LogP contribution is 2.34. The number of halogens is 1. The Hall–Kier alpha value is -4.96. The summed E-state index contributed by atoms with van der Waals surface area (Å²) >= 11 is 1.23. The average molecular weight is 563 g/mol. The van der Waals surface area contributed by atoms with Gasteiger partial charge in [0, 0.05) is 48.4 Å².